The number of rotatable bonds is 2. The van der Waals surface area contributed by atoms with Crippen LogP contribution < -0.4 is 5.73 Å². The summed E-state index contributed by atoms with van der Waals surface area (Å²) in [5, 5.41) is 0.853. The van der Waals surface area contributed by atoms with Gasteiger partial charge in [-0.2, -0.15) is 0 Å². The van der Waals surface area contributed by atoms with Gasteiger partial charge in [0.1, 0.15) is 9.88 Å². The molecule has 2 aromatic rings. The van der Waals surface area contributed by atoms with Crippen molar-refractivity contribution in [2.24, 2.45) is 5.73 Å². The van der Waals surface area contributed by atoms with Crippen LogP contribution in [0.5, 0.6) is 0 Å². The van der Waals surface area contributed by atoms with Crippen molar-refractivity contribution in [1.82, 2.24) is 9.88 Å². The van der Waals surface area contributed by atoms with Gasteiger partial charge in [-0.05, 0) is 25.5 Å². The van der Waals surface area contributed by atoms with E-state index in [1.165, 1.54) is 22.7 Å². The third-order valence-corrected chi connectivity index (χ3v) is 5.83. The van der Waals surface area contributed by atoms with Crippen LogP contribution in [0.1, 0.15) is 21.8 Å². The van der Waals surface area contributed by atoms with Crippen molar-refractivity contribution in [3.8, 4) is 9.88 Å². The maximum Gasteiger partial charge on any atom is 0.265 e. The molecular weight excluding hydrogens is 314 g/mol. The SMILES string of the molecule is Cc1nc(-c2ccc(Cl)s2)sc1C(=O)N1CCC(N)C1. The lowest BCUT2D eigenvalue weighted by molar-refractivity contribution is 0.0794. The molecule has 0 aliphatic carbocycles. The zero-order valence-electron chi connectivity index (χ0n) is 10.9. The molecule has 7 heteroatoms. The van der Waals surface area contributed by atoms with Crippen molar-refractivity contribution >= 4 is 40.2 Å². The van der Waals surface area contributed by atoms with E-state index in [0.29, 0.717) is 11.4 Å². The van der Waals surface area contributed by atoms with Crippen molar-refractivity contribution in [2.75, 3.05) is 13.1 Å². The average molecular weight is 328 g/mol. The van der Waals surface area contributed by atoms with E-state index in [1.54, 1.807) is 0 Å². The lowest BCUT2D eigenvalue weighted by Crippen LogP contribution is -2.31. The van der Waals surface area contributed by atoms with Crippen molar-refractivity contribution in [3.05, 3.63) is 27.0 Å². The number of likely N-dealkylation sites (tertiary alicyclic amines) is 1. The molecule has 1 unspecified atom stereocenters. The summed E-state index contributed by atoms with van der Waals surface area (Å²) in [6, 6.07) is 3.88. The number of amides is 1. The van der Waals surface area contributed by atoms with Gasteiger partial charge in [-0.1, -0.05) is 11.6 Å². The first-order valence-electron chi connectivity index (χ1n) is 6.32. The van der Waals surface area contributed by atoms with Gasteiger partial charge < -0.3 is 10.6 Å². The second-order valence-electron chi connectivity index (χ2n) is 4.84. The smallest absolute Gasteiger partial charge is 0.265 e. The summed E-state index contributed by atoms with van der Waals surface area (Å²) in [6.07, 6.45) is 0.872. The number of nitrogens with two attached hydrogens (primary N) is 1. The molecule has 0 spiro atoms. The number of thiazole rings is 1. The number of aromatic nitrogens is 1. The van der Waals surface area contributed by atoms with Gasteiger partial charge in [0.2, 0.25) is 0 Å². The molecule has 2 N–H and O–H groups in total. The highest BCUT2D eigenvalue weighted by Gasteiger charge is 2.27. The van der Waals surface area contributed by atoms with Gasteiger partial charge in [-0.3, -0.25) is 4.79 Å². The van der Waals surface area contributed by atoms with E-state index in [-0.39, 0.29) is 11.9 Å². The molecule has 3 rings (SSSR count). The van der Waals surface area contributed by atoms with Crippen LogP contribution in [0.3, 0.4) is 0 Å². The molecule has 0 aromatic carbocycles. The van der Waals surface area contributed by atoms with Crippen molar-refractivity contribution in [1.29, 1.82) is 0 Å². The molecule has 0 bridgehead atoms. The van der Waals surface area contributed by atoms with Gasteiger partial charge in [0.25, 0.3) is 5.91 Å². The van der Waals surface area contributed by atoms with E-state index in [1.807, 2.05) is 24.0 Å². The lowest BCUT2D eigenvalue weighted by Gasteiger charge is -2.14. The summed E-state index contributed by atoms with van der Waals surface area (Å²) in [5.41, 5.74) is 6.64. The van der Waals surface area contributed by atoms with Crippen molar-refractivity contribution in [3.63, 3.8) is 0 Å². The molecule has 1 fully saturated rings. The molecule has 0 saturated carbocycles. The van der Waals surface area contributed by atoms with Gasteiger partial charge >= 0.3 is 0 Å². The second kappa shape index (κ2) is 5.44. The Kier molecular flexibility index (Phi) is 3.81. The zero-order valence-corrected chi connectivity index (χ0v) is 13.3. The van der Waals surface area contributed by atoms with E-state index >= 15 is 0 Å². The number of hydrogen-bond acceptors (Lipinski definition) is 5. The van der Waals surface area contributed by atoms with Crippen LogP contribution in [0.25, 0.3) is 9.88 Å². The second-order valence-corrected chi connectivity index (χ2v) is 7.55. The van der Waals surface area contributed by atoms with Crippen LogP contribution in [0.15, 0.2) is 12.1 Å². The highest BCUT2D eigenvalue weighted by molar-refractivity contribution is 7.24. The number of aryl methyl sites for hydroxylation is 1. The molecule has 106 valence electrons. The minimum Gasteiger partial charge on any atom is -0.336 e. The molecule has 1 atom stereocenters. The molecule has 1 saturated heterocycles. The number of nitrogens with zero attached hydrogens (tertiary/aromatic N) is 2. The van der Waals surface area contributed by atoms with Crippen LogP contribution in [0, 0.1) is 6.92 Å². The quantitative estimate of drug-likeness (QED) is 0.922. The number of carbonyl (C=O) groups excluding carboxylic acids is 1. The largest absolute Gasteiger partial charge is 0.336 e. The maximum absolute atomic E-state index is 12.5. The first-order chi connectivity index (χ1) is 9.54. The van der Waals surface area contributed by atoms with Gasteiger partial charge in [-0.15, -0.1) is 22.7 Å². The number of hydrogen-bond donors (Lipinski definition) is 1. The summed E-state index contributed by atoms with van der Waals surface area (Å²) in [6.45, 7) is 3.24. The Balaban J connectivity index is 1.87. The van der Waals surface area contributed by atoms with E-state index in [4.69, 9.17) is 17.3 Å². The fraction of sp³-hybridized carbons (Fsp3) is 0.385. The van der Waals surface area contributed by atoms with Crippen LogP contribution in [0.2, 0.25) is 4.34 Å². The van der Waals surface area contributed by atoms with Crippen LogP contribution >= 0.6 is 34.3 Å². The Hall–Kier alpha value is -0.950. The van der Waals surface area contributed by atoms with Gasteiger partial charge in [-0.25, -0.2) is 4.98 Å². The molecule has 1 aliphatic rings. The predicted molar refractivity (Wildman–Crippen MR) is 83.7 cm³/mol. The summed E-state index contributed by atoms with van der Waals surface area (Å²) < 4.78 is 0.728. The lowest BCUT2D eigenvalue weighted by atomic mass is 10.3. The van der Waals surface area contributed by atoms with Crippen LogP contribution in [-0.2, 0) is 0 Å². The van der Waals surface area contributed by atoms with E-state index < -0.39 is 0 Å². The van der Waals surface area contributed by atoms with E-state index in [2.05, 4.69) is 4.98 Å². The highest BCUT2D eigenvalue weighted by Crippen LogP contribution is 2.35. The van der Waals surface area contributed by atoms with Crippen molar-refractivity contribution < 1.29 is 4.79 Å². The predicted octanol–water partition coefficient (Wildman–Crippen LogP) is 3.01. The molecule has 0 radical (unpaired) electrons. The molecule has 3 heterocycles. The monoisotopic (exact) mass is 327 g/mol. The standard InChI is InChI=1S/C13H14ClN3OS2/c1-7-11(13(18)17-5-4-8(15)6-17)20-12(16-7)9-2-3-10(14)19-9/h2-3,8H,4-6,15H2,1H3. The van der Waals surface area contributed by atoms with Gasteiger partial charge in [0, 0.05) is 19.1 Å². The normalized spacial score (nSPS) is 18.8. The third-order valence-electron chi connectivity index (χ3n) is 3.29. The Morgan fingerprint density at radius 2 is 2.30 bits per heavy atom. The first-order valence-corrected chi connectivity index (χ1v) is 8.33. The number of thiophene rings is 1. The first kappa shape index (κ1) is 14.0. The Labute approximate surface area is 130 Å². The molecule has 1 aliphatic heterocycles. The molecule has 20 heavy (non-hydrogen) atoms. The molecule has 2 aromatic heterocycles. The molecular formula is C13H14ClN3OS2. The summed E-state index contributed by atoms with van der Waals surface area (Å²) >= 11 is 8.85. The Bertz CT molecular complexity index is 652. The number of carbonyl (C=O) groups is 1. The minimum absolute atomic E-state index is 0.0434. The summed E-state index contributed by atoms with van der Waals surface area (Å²) in [4.78, 5) is 20.5. The van der Waals surface area contributed by atoms with Crippen LogP contribution in [-0.4, -0.2) is 34.9 Å². The molecule has 4 nitrogen and oxygen atoms in total. The topological polar surface area (TPSA) is 59.2 Å². The van der Waals surface area contributed by atoms with Crippen molar-refractivity contribution in [2.45, 2.75) is 19.4 Å². The maximum atomic E-state index is 12.5. The van der Waals surface area contributed by atoms with Crippen LogP contribution in [0.4, 0.5) is 0 Å². The van der Waals surface area contributed by atoms with E-state index in [0.717, 1.165) is 32.9 Å². The summed E-state index contributed by atoms with van der Waals surface area (Å²) in [7, 11) is 0. The zero-order chi connectivity index (χ0) is 14.3. The van der Waals surface area contributed by atoms with Gasteiger partial charge in [0.15, 0.2) is 0 Å². The highest BCUT2D eigenvalue weighted by atomic mass is 35.5. The Morgan fingerprint density at radius 3 is 2.90 bits per heavy atom. The molecule has 1 amide bonds. The number of halogens is 1. The average Bonchev–Trinajstić information content (AvgIpc) is 3.09. The Morgan fingerprint density at radius 1 is 1.50 bits per heavy atom. The van der Waals surface area contributed by atoms with E-state index in [9.17, 15) is 4.79 Å². The summed E-state index contributed by atoms with van der Waals surface area (Å²) in [5.74, 6) is 0.0434. The fourth-order valence-corrected chi connectivity index (χ4v) is 4.38. The van der Waals surface area contributed by atoms with Gasteiger partial charge in [0.05, 0.1) is 14.9 Å². The minimum atomic E-state index is 0.0434. The third kappa shape index (κ3) is 2.61. The fourth-order valence-electron chi connectivity index (χ4n) is 2.24.